The highest BCUT2D eigenvalue weighted by Crippen LogP contribution is 2.35. The SMILES string of the molecule is C=CCCCCCCC(CC)(CCCCCC)C(=O)O. The number of carboxylic acids is 1. The molecule has 0 spiro atoms. The van der Waals surface area contributed by atoms with Crippen molar-refractivity contribution in [3.63, 3.8) is 0 Å². The van der Waals surface area contributed by atoms with E-state index in [1.165, 1.54) is 32.1 Å². The first kappa shape index (κ1) is 19.2. The zero-order chi connectivity index (χ0) is 15.3. The molecule has 118 valence electrons. The first-order valence-electron chi connectivity index (χ1n) is 8.47. The average Bonchev–Trinajstić information content (AvgIpc) is 2.44. The summed E-state index contributed by atoms with van der Waals surface area (Å²) in [7, 11) is 0. The molecule has 1 atom stereocenters. The molecule has 0 aliphatic heterocycles. The molecule has 20 heavy (non-hydrogen) atoms. The summed E-state index contributed by atoms with van der Waals surface area (Å²) in [5.74, 6) is -0.581. The maximum Gasteiger partial charge on any atom is 0.309 e. The van der Waals surface area contributed by atoms with Gasteiger partial charge in [-0.25, -0.2) is 0 Å². The van der Waals surface area contributed by atoms with Gasteiger partial charge in [0.15, 0.2) is 0 Å². The predicted octanol–water partition coefficient (Wildman–Crippen LogP) is 5.96. The third-order valence-corrected chi connectivity index (χ3v) is 4.45. The lowest BCUT2D eigenvalue weighted by molar-refractivity contribution is -0.150. The molecule has 0 aliphatic rings. The smallest absolute Gasteiger partial charge is 0.309 e. The van der Waals surface area contributed by atoms with Crippen LogP contribution in [0.1, 0.15) is 90.9 Å². The van der Waals surface area contributed by atoms with Crippen LogP contribution in [0.3, 0.4) is 0 Å². The number of unbranched alkanes of at least 4 members (excludes halogenated alkanes) is 7. The largest absolute Gasteiger partial charge is 0.481 e. The summed E-state index contributed by atoms with van der Waals surface area (Å²) >= 11 is 0. The fourth-order valence-electron chi connectivity index (χ4n) is 2.84. The molecule has 0 saturated carbocycles. The molecule has 0 rings (SSSR count). The molecule has 1 N–H and O–H groups in total. The summed E-state index contributed by atoms with van der Waals surface area (Å²) in [6.45, 7) is 7.95. The minimum Gasteiger partial charge on any atom is -0.481 e. The predicted molar refractivity (Wildman–Crippen MR) is 87.0 cm³/mol. The van der Waals surface area contributed by atoms with Crippen LogP contribution >= 0.6 is 0 Å². The lowest BCUT2D eigenvalue weighted by atomic mass is 9.76. The normalized spacial score (nSPS) is 13.9. The molecule has 0 saturated heterocycles. The zero-order valence-corrected chi connectivity index (χ0v) is 13.6. The van der Waals surface area contributed by atoms with Crippen LogP contribution in [-0.4, -0.2) is 11.1 Å². The molecule has 0 aromatic heterocycles. The fraction of sp³-hybridized carbons (Fsp3) is 0.833. The summed E-state index contributed by atoms with van der Waals surface area (Å²) < 4.78 is 0. The summed E-state index contributed by atoms with van der Waals surface area (Å²) in [6.07, 6.45) is 14.7. The Morgan fingerprint density at radius 2 is 1.55 bits per heavy atom. The van der Waals surface area contributed by atoms with Gasteiger partial charge < -0.3 is 5.11 Å². The molecule has 0 aliphatic carbocycles. The molecule has 2 heteroatoms. The van der Waals surface area contributed by atoms with Crippen molar-refractivity contribution >= 4 is 5.97 Å². The van der Waals surface area contributed by atoms with Gasteiger partial charge in [0.1, 0.15) is 0 Å². The van der Waals surface area contributed by atoms with Gasteiger partial charge in [0.25, 0.3) is 0 Å². The summed E-state index contributed by atoms with van der Waals surface area (Å²) in [5.41, 5.74) is -0.466. The second-order valence-corrected chi connectivity index (χ2v) is 5.99. The zero-order valence-electron chi connectivity index (χ0n) is 13.6. The second kappa shape index (κ2) is 12.0. The van der Waals surface area contributed by atoms with Crippen molar-refractivity contribution in [2.75, 3.05) is 0 Å². The Morgan fingerprint density at radius 3 is 2.00 bits per heavy atom. The maximum atomic E-state index is 11.7. The first-order valence-corrected chi connectivity index (χ1v) is 8.47. The van der Waals surface area contributed by atoms with E-state index in [0.29, 0.717) is 0 Å². The molecular formula is C18H34O2. The van der Waals surface area contributed by atoms with Gasteiger partial charge in [-0.3, -0.25) is 4.79 Å². The van der Waals surface area contributed by atoms with E-state index < -0.39 is 11.4 Å². The Kier molecular flexibility index (Phi) is 11.5. The van der Waals surface area contributed by atoms with Crippen LogP contribution in [0, 0.1) is 5.41 Å². The van der Waals surface area contributed by atoms with Gasteiger partial charge in [-0.1, -0.05) is 64.9 Å². The third-order valence-electron chi connectivity index (χ3n) is 4.45. The summed E-state index contributed by atoms with van der Waals surface area (Å²) in [5, 5.41) is 9.61. The number of rotatable bonds is 14. The van der Waals surface area contributed by atoms with Crippen molar-refractivity contribution in [1.29, 1.82) is 0 Å². The van der Waals surface area contributed by atoms with Crippen molar-refractivity contribution in [2.45, 2.75) is 90.9 Å². The number of allylic oxidation sites excluding steroid dienone is 1. The number of carbonyl (C=O) groups is 1. The standard InChI is InChI=1S/C18H34O2/c1-4-7-9-11-12-14-16-18(6-3,17(19)20)15-13-10-8-5-2/h4H,1,5-16H2,2-3H3,(H,19,20). The van der Waals surface area contributed by atoms with E-state index in [1.807, 2.05) is 13.0 Å². The topological polar surface area (TPSA) is 37.3 Å². The molecule has 2 nitrogen and oxygen atoms in total. The van der Waals surface area contributed by atoms with E-state index in [4.69, 9.17) is 0 Å². The van der Waals surface area contributed by atoms with Crippen LogP contribution in [0.5, 0.6) is 0 Å². The first-order chi connectivity index (χ1) is 9.63. The minimum atomic E-state index is -0.581. The highest BCUT2D eigenvalue weighted by Gasteiger charge is 2.35. The molecule has 0 amide bonds. The van der Waals surface area contributed by atoms with Gasteiger partial charge in [-0.15, -0.1) is 6.58 Å². The minimum absolute atomic E-state index is 0.466. The van der Waals surface area contributed by atoms with E-state index in [0.717, 1.165) is 44.9 Å². The molecule has 0 radical (unpaired) electrons. The number of carboxylic acid groups (broad SMARTS) is 1. The van der Waals surface area contributed by atoms with Crippen LogP contribution < -0.4 is 0 Å². The van der Waals surface area contributed by atoms with Crippen LogP contribution in [0.2, 0.25) is 0 Å². The Hall–Kier alpha value is -0.790. The summed E-state index contributed by atoms with van der Waals surface area (Å²) in [4.78, 5) is 11.7. The van der Waals surface area contributed by atoms with Gasteiger partial charge in [-0.05, 0) is 32.1 Å². The van der Waals surface area contributed by atoms with E-state index in [-0.39, 0.29) is 0 Å². The van der Waals surface area contributed by atoms with E-state index in [1.54, 1.807) is 0 Å². The molecule has 0 fully saturated rings. The fourth-order valence-corrected chi connectivity index (χ4v) is 2.84. The van der Waals surface area contributed by atoms with E-state index in [9.17, 15) is 9.90 Å². The van der Waals surface area contributed by atoms with Crippen molar-refractivity contribution in [3.05, 3.63) is 12.7 Å². The highest BCUT2D eigenvalue weighted by atomic mass is 16.4. The Balaban J connectivity index is 4.11. The molecule has 1 unspecified atom stereocenters. The average molecular weight is 282 g/mol. The molecule has 0 bridgehead atoms. The van der Waals surface area contributed by atoms with Crippen molar-refractivity contribution in [3.8, 4) is 0 Å². The van der Waals surface area contributed by atoms with Crippen LogP contribution in [0.15, 0.2) is 12.7 Å². The van der Waals surface area contributed by atoms with Crippen LogP contribution in [-0.2, 0) is 4.79 Å². The molecular weight excluding hydrogens is 248 g/mol. The molecule has 0 aromatic rings. The highest BCUT2D eigenvalue weighted by molar-refractivity contribution is 5.74. The third kappa shape index (κ3) is 7.72. The van der Waals surface area contributed by atoms with Gasteiger partial charge in [-0.2, -0.15) is 0 Å². The van der Waals surface area contributed by atoms with Crippen molar-refractivity contribution < 1.29 is 9.90 Å². The molecule has 0 heterocycles. The lowest BCUT2D eigenvalue weighted by Gasteiger charge is -2.28. The van der Waals surface area contributed by atoms with Gasteiger partial charge in [0.05, 0.1) is 5.41 Å². The Morgan fingerprint density at radius 1 is 1.00 bits per heavy atom. The molecule has 0 aromatic carbocycles. The monoisotopic (exact) mass is 282 g/mol. The second-order valence-electron chi connectivity index (χ2n) is 5.99. The van der Waals surface area contributed by atoms with Gasteiger partial charge in [0.2, 0.25) is 0 Å². The van der Waals surface area contributed by atoms with Crippen LogP contribution in [0.25, 0.3) is 0 Å². The van der Waals surface area contributed by atoms with E-state index >= 15 is 0 Å². The van der Waals surface area contributed by atoms with Gasteiger partial charge in [0, 0.05) is 0 Å². The number of aliphatic carboxylic acids is 1. The number of hydrogen-bond acceptors (Lipinski definition) is 1. The van der Waals surface area contributed by atoms with Crippen LogP contribution in [0.4, 0.5) is 0 Å². The quantitative estimate of drug-likeness (QED) is 0.315. The number of hydrogen-bond donors (Lipinski definition) is 1. The summed E-state index contributed by atoms with van der Waals surface area (Å²) in [6, 6.07) is 0. The van der Waals surface area contributed by atoms with E-state index in [2.05, 4.69) is 13.5 Å². The Bertz CT molecular complexity index is 260. The Labute approximate surface area is 125 Å². The lowest BCUT2D eigenvalue weighted by Crippen LogP contribution is -2.30. The van der Waals surface area contributed by atoms with Crippen molar-refractivity contribution in [2.24, 2.45) is 5.41 Å². The maximum absolute atomic E-state index is 11.7. The van der Waals surface area contributed by atoms with Crippen molar-refractivity contribution in [1.82, 2.24) is 0 Å². The van der Waals surface area contributed by atoms with Gasteiger partial charge >= 0.3 is 5.97 Å².